The van der Waals surface area contributed by atoms with Gasteiger partial charge in [-0.1, -0.05) is 36.4 Å². The normalized spacial score (nSPS) is 15.2. The minimum Gasteiger partial charge on any atom is -0.457 e. The number of para-hydroxylation sites is 1. The van der Waals surface area contributed by atoms with Gasteiger partial charge in [-0.25, -0.2) is 9.69 Å². The summed E-state index contributed by atoms with van der Waals surface area (Å²) in [7, 11) is 0. The summed E-state index contributed by atoms with van der Waals surface area (Å²) in [4.78, 5) is 38.9. The third-order valence-electron chi connectivity index (χ3n) is 4.71. The van der Waals surface area contributed by atoms with Gasteiger partial charge in [-0.2, -0.15) is 0 Å². The first-order valence-electron chi connectivity index (χ1n) is 9.73. The number of barbiturate groups is 1. The zero-order valence-corrected chi connectivity index (χ0v) is 17.1. The molecule has 4 rings (SSSR count). The van der Waals surface area contributed by atoms with Crippen LogP contribution in [0.1, 0.15) is 16.7 Å². The number of amides is 4. The Kier molecular flexibility index (Phi) is 5.37. The first-order valence-corrected chi connectivity index (χ1v) is 9.73. The van der Waals surface area contributed by atoms with E-state index in [1.807, 2.05) is 50.2 Å². The van der Waals surface area contributed by atoms with Crippen molar-refractivity contribution in [3.8, 4) is 11.5 Å². The van der Waals surface area contributed by atoms with Crippen molar-refractivity contribution in [1.82, 2.24) is 5.32 Å². The van der Waals surface area contributed by atoms with Crippen molar-refractivity contribution < 1.29 is 19.1 Å². The highest BCUT2D eigenvalue weighted by Crippen LogP contribution is 2.26. The number of ether oxygens (including phenoxy) is 1. The van der Waals surface area contributed by atoms with Gasteiger partial charge in [0.15, 0.2) is 0 Å². The van der Waals surface area contributed by atoms with E-state index in [1.54, 1.807) is 36.4 Å². The molecule has 0 bridgehead atoms. The zero-order chi connectivity index (χ0) is 22.0. The monoisotopic (exact) mass is 412 g/mol. The number of nitrogens with zero attached hydrogens (tertiary/aromatic N) is 1. The van der Waals surface area contributed by atoms with E-state index < -0.39 is 17.8 Å². The lowest BCUT2D eigenvalue weighted by Gasteiger charge is -2.27. The van der Waals surface area contributed by atoms with E-state index in [0.717, 1.165) is 16.0 Å². The Hall–Kier alpha value is -4.19. The standard InChI is InChI=1S/C25H20N2O4/c1-16-11-17(2)13-19(12-16)27-24(29)22(23(28)26-25(27)30)15-18-7-6-10-21(14-18)31-20-8-4-3-5-9-20/h3-15H,1-2H3,(H,26,28,30). The SMILES string of the molecule is Cc1cc(C)cc(N2C(=O)NC(=O)C(=Cc3cccc(Oc4ccccc4)c3)C2=O)c1. The highest BCUT2D eigenvalue weighted by atomic mass is 16.5. The van der Waals surface area contributed by atoms with Crippen LogP contribution in [0.3, 0.4) is 0 Å². The maximum Gasteiger partial charge on any atom is 0.335 e. The molecule has 1 saturated heterocycles. The maximum atomic E-state index is 13.1. The summed E-state index contributed by atoms with van der Waals surface area (Å²) in [6.45, 7) is 3.76. The minimum absolute atomic E-state index is 0.129. The van der Waals surface area contributed by atoms with Crippen LogP contribution >= 0.6 is 0 Å². The second-order valence-corrected chi connectivity index (χ2v) is 7.29. The Morgan fingerprint density at radius 2 is 1.48 bits per heavy atom. The van der Waals surface area contributed by atoms with Gasteiger partial charge in [0.25, 0.3) is 11.8 Å². The van der Waals surface area contributed by atoms with Crippen molar-refractivity contribution in [1.29, 1.82) is 0 Å². The van der Waals surface area contributed by atoms with Crippen molar-refractivity contribution in [3.63, 3.8) is 0 Å². The van der Waals surface area contributed by atoms with Crippen LogP contribution in [0.4, 0.5) is 10.5 Å². The van der Waals surface area contributed by atoms with E-state index in [-0.39, 0.29) is 5.57 Å². The van der Waals surface area contributed by atoms with Crippen LogP contribution < -0.4 is 15.0 Å². The molecule has 0 spiro atoms. The molecular formula is C25H20N2O4. The number of imide groups is 2. The number of benzene rings is 3. The van der Waals surface area contributed by atoms with E-state index in [9.17, 15) is 14.4 Å². The third kappa shape index (κ3) is 4.38. The maximum absolute atomic E-state index is 13.1. The first-order chi connectivity index (χ1) is 14.9. The highest BCUT2D eigenvalue weighted by molar-refractivity contribution is 6.39. The van der Waals surface area contributed by atoms with E-state index in [0.29, 0.717) is 22.7 Å². The van der Waals surface area contributed by atoms with Crippen LogP contribution in [0.2, 0.25) is 0 Å². The van der Waals surface area contributed by atoms with Crippen LogP contribution in [-0.4, -0.2) is 17.8 Å². The molecule has 0 atom stereocenters. The molecular weight excluding hydrogens is 392 g/mol. The van der Waals surface area contributed by atoms with Crippen molar-refractivity contribution in [3.05, 3.63) is 95.1 Å². The fourth-order valence-corrected chi connectivity index (χ4v) is 3.43. The van der Waals surface area contributed by atoms with Crippen LogP contribution in [0.25, 0.3) is 6.08 Å². The Morgan fingerprint density at radius 3 is 2.19 bits per heavy atom. The van der Waals surface area contributed by atoms with Gasteiger partial charge in [0.05, 0.1) is 5.69 Å². The van der Waals surface area contributed by atoms with Crippen molar-refractivity contribution in [2.24, 2.45) is 0 Å². The summed E-state index contributed by atoms with van der Waals surface area (Å²) in [6, 6.07) is 20.9. The number of carbonyl (C=O) groups excluding carboxylic acids is 3. The van der Waals surface area contributed by atoms with E-state index in [4.69, 9.17) is 4.74 Å². The molecule has 1 aliphatic rings. The quantitative estimate of drug-likeness (QED) is 0.495. The van der Waals surface area contributed by atoms with Gasteiger partial charge in [-0.15, -0.1) is 0 Å². The van der Waals surface area contributed by atoms with Gasteiger partial charge < -0.3 is 4.74 Å². The second kappa shape index (κ2) is 8.28. The van der Waals surface area contributed by atoms with Crippen molar-refractivity contribution in [2.75, 3.05) is 4.90 Å². The van der Waals surface area contributed by atoms with Crippen LogP contribution in [0.5, 0.6) is 11.5 Å². The van der Waals surface area contributed by atoms with Crippen LogP contribution in [0, 0.1) is 13.8 Å². The molecule has 0 radical (unpaired) electrons. The summed E-state index contributed by atoms with van der Waals surface area (Å²) < 4.78 is 5.82. The fraction of sp³-hybridized carbons (Fsp3) is 0.0800. The lowest BCUT2D eigenvalue weighted by atomic mass is 10.1. The Balaban J connectivity index is 1.66. The summed E-state index contributed by atoms with van der Waals surface area (Å²) >= 11 is 0. The van der Waals surface area contributed by atoms with Gasteiger partial charge in [-0.05, 0) is 73.0 Å². The molecule has 0 aromatic heterocycles. The predicted molar refractivity (Wildman–Crippen MR) is 118 cm³/mol. The molecule has 1 fully saturated rings. The second-order valence-electron chi connectivity index (χ2n) is 7.29. The fourth-order valence-electron chi connectivity index (χ4n) is 3.43. The highest BCUT2D eigenvalue weighted by Gasteiger charge is 2.36. The summed E-state index contributed by atoms with van der Waals surface area (Å²) in [5.41, 5.74) is 2.70. The van der Waals surface area contributed by atoms with Gasteiger partial charge >= 0.3 is 6.03 Å². The number of anilines is 1. The van der Waals surface area contributed by atoms with Gasteiger partial charge in [0.1, 0.15) is 17.1 Å². The summed E-state index contributed by atoms with van der Waals surface area (Å²) in [5, 5.41) is 2.25. The molecule has 4 amide bonds. The van der Waals surface area contributed by atoms with Crippen molar-refractivity contribution >= 4 is 29.6 Å². The third-order valence-corrected chi connectivity index (χ3v) is 4.71. The van der Waals surface area contributed by atoms with Crippen molar-refractivity contribution in [2.45, 2.75) is 13.8 Å². The number of carbonyl (C=O) groups is 3. The largest absolute Gasteiger partial charge is 0.457 e. The molecule has 1 aliphatic heterocycles. The lowest BCUT2D eigenvalue weighted by Crippen LogP contribution is -2.54. The first kappa shape index (κ1) is 20.1. The molecule has 0 unspecified atom stereocenters. The molecule has 1 heterocycles. The van der Waals surface area contributed by atoms with E-state index in [1.165, 1.54) is 6.08 Å². The molecule has 6 heteroatoms. The molecule has 3 aromatic rings. The van der Waals surface area contributed by atoms with E-state index >= 15 is 0 Å². The molecule has 154 valence electrons. The average molecular weight is 412 g/mol. The number of nitrogens with one attached hydrogen (secondary N) is 1. The molecule has 31 heavy (non-hydrogen) atoms. The molecule has 6 nitrogen and oxygen atoms in total. The Bertz CT molecular complexity index is 1190. The molecule has 1 N–H and O–H groups in total. The predicted octanol–water partition coefficient (Wildman–Crippen LogP) is 4.76. The van der Waals surface area contributed by atoms with Crippen LogP contribution in [-0.2, 0) is 9.59 Å². The smallest absolute Gasteiger partial charge is 0.335 e. The topological polar surface area (TPSA) is 75.7 Å². The number of urea groups is 1. The number of hydrogen-bond donors (Lipinski definition) is 1. The number of hydrogen-bond acceptors (Lipinski definition) is 4. The molecule has 3 aromatic carbocycles. The minimum atomic E-state index is -0.765. The molecule has 0 saturated carbocycles. The molecule has 0 aliphatic carbocycles. The summed E-state index contributed by atoms with van der Waals surface area (Å²) in [6.07, 6.45) is 1.46. The zero-order valence-electron chi connectivity index (χ0n) is 17.1. The van der Waals surface area contributed by atoms with Gasteiger partial charge in [0.2, 0.25) is 0 Å². The Labute approximate surface area is 179 Å². The van der Waals surface area contributed by atoms with Gasteiger partial charge in [-0.3, -0.25) is 14.9 Å². The lowest BCUT2D eigenvalue weighted by molar-refractivity contribution is -0.122. The number of rotatable bonds is 4. The van der Waals surface area contributed by atoms with Gasteiger partial charge in [0, 0.05) is 0 Å². The average Bonchev–Trinajstić information content (AvgIpc) is 2.71. The Morgan fingerprint density at radius 1 is 0.806 bits per heavy atom. The summed E-state index contributed by atoms with van der Waals surface area (Å²) in [5.74, 6) is -0.171. The number of aryl methyl sites for hydroxylation is 2. The van der Waals surface area contributed by atoms with Crippen LogP contribution in [0.15, 0.2) is 78.4 Å². The van der Waals surface area contributed by atoms with E-state index in [2.05, 4.69) is 5.32 Å².